The Morgan fingerprint density at radius 2 is 1.41 bits per heavy atom. The minimum absolute atomic E-state index is 0.321. The predicted octanol–water partition coefficient (Wildman–Crippen LogP) is 3.89. The molecule has 0 radical (unpaired) electrons. The molecule has 2 fully saturated rings. The summed E-state index contributed by atoms with van der Waals surface area (Å²) in [5, 5.41) is 0. The summed E-state index contributed by atoms with van der Waals surface area (Å²) in [5.74, 6) is 0. The van der Waals surface area contributed by atoms with E-state index in [1.54, 1.807) is 0 Å². The van der Waals surface area contributed by atoms with Crippen LogP contribution in [0.15, 0.2) is 22.0 Å². The highest BCUT2D eigenvalue weighted by Crippen LogP contribution is 2.37. The van der Waals surface area contributed by atoms with Crippen molar-refractivity contribution in [2.45, 2.75) is 51.7 Å². The van der Waals surface area contributed by atoms with Gasteiger partial charge in [-0.25, -0.2) is 0 Å². The summed E-state index contributed by atoms with van der Waals surface area (Å²) in [6.07, 6.45) is 9.73. The Morgan fingerprint density at radius 1 is 0.941 bits per heavy atom. The Kier molecular flexibility index (Phi) is 5.14. The lowest BCUT2D eigenvalue weighted by Crippen LogP contribution is -2.11. The highest BCUT2D eigenvalue weighted by atomic mass is 32.2. The van der Waals surface area contributed by atoms with Gasteiger partial charge >= 0.3 is 0 Å². The molecule has 2 atom stereocenters. The Hall–Kier alpha value is -0.250. The van der Waals surface area contributed by atoms with Gasteiger partial charge < -0.3 is 9.47 Å². The van der Waals surface area contributed by atoms with Crippen LogP contribution in [0.25, 0.3) is 0 Å². The van der Waals surface area contributed by atoms with Crippen LogP contribution >= 0.6 is 11.8 Å². The molecule has 3 heteroatoms. The molecule has 17 heavy (non-hydrogen) atoms. The molecule has 0 spiro atoms. The third kappa shape index (κ3) is 3.36. The maximum Gasteiger partial charge on any atom is 0.0884 e. The van der Waals surface area contributed by atoms with Crippen molar-refractivity contribution in [1.29, 1.82) is 0 Å². The number of ether oxygens (including phenoxy) is 2. The fourth-order valence-electron chi connectivity index (χ4n) is 2.36. The van der Waals surface area contributed by atoms with Gasteiger partial charge in [0.25, 0.3) is 0 Å². The lowest BCUT2D eigenvalue weighted by atomic mass is 10.2. The Balaban J connectivity index is 1.96. The molecule has 96 valence electrons. The Labute approximate surface area is 108 Å². The van der Waals surface area contributed by atoms with Crippen molar-refractivity contribution in [2.24, 2.45) is 0 Å². The molecule has 2 aliphatic rings. The molecule has 2 unspecified atom stereocenters. The van der Waals surface area contributed by atoms with Gasteiger partial charge in [-0.3, -0.25) is 0 Å². The van der Waals surface area contributed by atoms with Gasteiger partial charge in [-0.15, -0.1) is 0 Å². The van der Waals surface area contributed by atoms with Crippen molar-refractivity contribution in [1.82, 2.24) is 0 Å². The second kappa shape index (κ2) is 6.62. The van der Waals surface area contributed by atoms with E-state index in [9.17, 15) is 0 Å². The lowest BCUT2D eigenvalue weighted by molar-refractivity contribution is 0.140. The Morgan fingerprint density at radius 3 is 1.71 bits per heavy atom. The molecule has 2 aliphatic heterocycles. The summed E-state index contributed by atoms with van der Waals surface area (Å²) < 4.78 is 11.5. The van der Waals surface area contributed by atoms with Crippen LogP contribution in [-0.2, 0) is 9.47 Å². The van der Waals surface area contributed by atoms with E-state index in [4.69, 9.17) is 9.47 Å². The fourth-order valence-corrected chi connectivity index (χ4v) is 3.50. The van der Waals surface area contributed by atoms with Gasteiger partial charge in [0.15, 0.2) is 0 Å². The van der Waals surface area contributed by atoms with E-state index in [1.807, 2.05) is 11.8 Å². The quantitative estimate of drug-likeness (QED) is 0.758. The van der Waals surface area contributed by atoms with Crippen LogP contribution in [0, 0.1) is 0 Å². The first-order chi connectivity index (χ1) is 8.35. The number of hydrogen-bond acceptors (Lipinski definition) is 3. The van der Waals surface area contributed by atoms with Crippen LogP contribution in [0.4, 0.5) is 0 Å². The summed E-state index contributed by atoms with van der Waals surface area (Å²) in [7, 11) is 0. The molecule has 0 aromatic heterocycles. The van der Waals surface area contributed by atoms with Crippen molar-refractivity contribution in [2.75, 3.05) is 13.2 Å². The molecule has 0 saturated carbocycles. The maximum atomic E-state index is 5.76. The van der Waals surface area contributed by atoms with Gasteiger partial charge in [0, 0.05) is 23.0 Å². The standard InChI is InChI=1S/C14H22O2S/c1-3-13(11-7-5-9-15-11)17-14(4-2)12-8-6-10-16-12/h3-4,11-12H,5-10H2,1-2H3. The fraction of sp³-hybridized carbons (Fsp3) is 0.714. The molecule has 0 amide bonds. The summed E-state index contributed by atoms with van der Waals surface area (Å²) in [5.41, 5.74) is 0. The minimum atomic E-state index is 0.321. The zero-order valence-corrected chi connectivity index (χ0v) is 11.6. The third-order valence-electron chi connectivity index (χ3n) is 3.30. The first-order valence-corrected chi connectivity index (χ1v) is 7.40. The predicted molar refractivity (Wildman–Crippen MR) is 73.1 cm³/mol. The zero-order valence-electron chi connectivity index (χ0n) is 10.8. The van der Waals surface area contributed by atoms with Crippen LogP contribution in [-0.4, -0.2) is 25.4 Å². The normalized spacial score (nSPS) is 31.2. The SMILES string of the molecule is CC=C(SC(=CC)C1CCCO1)C1CCCO1. The average molecular weight is 254 g/mol. The van der Waals surface area contributed by atoms with Crippen LogP contribution in [0.2, 0.25) is 0 Å². The topological polar surface area (TPSA) is 18.5 Å². The van der Waals surface area contributed by atoms with Gasteiger partial charge in [0.05, 0.1) is 12.2 Å². The molecular formula is C14H22O2S. The Bertz CT molecular complexity index is 267. The summed E-state index contributed by atoms with van der Waals surface area (Å²) in [6, 6.07) is 0. The number of thioether (sulfide) groups is 1. The van der Waals surface area contributed by atoms with Gasteiger partial charge in [-0.1, -0.05) is 23.9 Å². The van der Waals surface area contributed by atoms with E-state index in [1.165, 1.54) is 22.7 Å². The monoisotopic (exact) mass is 254 g/mol. The second-order valence-electron chi connectivity index (χ2n) is 4.49. The number of hydrogen-bond donors (Lipinski definition) is 0. The van der Waals surface area contributed by atoms with Gasteiger partial charge in [-0.05, 0) is 39.5 Å². The average Bonchev–Trinajstić information content (AvgIpc) is 3.03. The molecule has 0 aromatic carbocycles. The van der Waals surface area contributed by atoms with Gasteiger partial charge in [0.1, 0.15) is 0 Å². The highest BCUT2D eigenvalue weighted by Gasteiger charge is 2.25. The summed E-state index contributed by atoms with van der Waals surface area (Å²) >= 11 is 1.86. The van der Waals surface area contributed by atoms with Crippen molar-refractivity contribution >= 4 is 11.8 Å². The van der Waals surface area contributed by atoms with Crippen molar-refractivity contribution in [3.8, 4) is 0 Å². The summed E-state index contributed by atoms with van der Waals surface area (Å²) in [6.45, 7) is 6.03. The third-order valence-corrected chi connectivity index (χ3v) is 4.77. The summed E-state index contributed by atoms with van der Waals surface area (Å²) in [4.78, 5) is 2.71. The molecule has 2 rings (SSSR count). The first-order valence-electron chi connectivity index (χ1n) is 6.58. The zero-order chi connectivity index (χ0) is 12.1. The number of allylic oxidation sites excluding steroid dienone is 2. The van der Waals surface area contributed by atoms with Gasteiger partial charge in [-0.2, -0.15) is 0 Å². The molecule has 0 aliphatic carbocycles. The molecule has 0 N–H and O–H groups in total. The highest BCUT2D eigenvalue weighted by molar-refractivity contribution is 8.06. The van der Waals surface area contributed by atoms with E-state index >= 15 is 0 Å². The molecular weight excluding hydrogens is 232 g/mol. The van der Waals surface area contributed by atoms with E-state index < -0.39 is 0 Å². The largest absolute Gasteiger partial charge is 0.373 e. The molecule has 0 bridgehead atoms. The molecule has 0 aromatic rings. The van der Waals surface area contributed by atoms with Crippen LogP contribution < -0.4 is 0 Å². The van der Waals surface area contributed by atoms with E-state index in [0.717, 1.165) is 26.1 Å². The molecule has 2 heterocycles. The van der Waals surface area contributed by atoms with Crippen molar-refractivity contribution in [3.63, 3.8) is 0 Å². The van der Waals surface area contributed by atoms with Crippen LogP contribution in [0.3, 0.4) is 0 Å². The smallest absolute Gasteiger partial charge is 0.0884 e. The van der Waals surface area contributed by atoms with Crippen LogP contribution in [0.5, 0.6) is 0 Å². The van der Waals surface area contributed by atoms with E-state index in [-0.39, 0.29) is 0 Å². The van der Waals surface area contributed by atoms with Crippen molar-refractivity contribution in [3.05, 3.63) is 22.0 Å². The minimum Gasteiger partial charge on any atom is -0.373 e. The molecule has 2 nitrogen and oxygen atoms in total. The second-order valence-corrected chi connectivity index (χ2v) is 5.63. The first kappa shape index (κ1) is 13.2. The maximum absolute atomic E-state index is 5.76. The lowest BCUT2D eigenvalue weighted by Gasteiger charge is -2.18. The van der Waals surface area contributed by atoms with E-state index in [2.05, 4.69) is 26.0 Å². The van der Waals surface area contributed by atoms with Gasteiger partial charge in [0.2, 0.25) is 0 Å². The molecule has 2 saturated heterocycles. The van der Waals surface area contributed by atoms with Crippen LogP contribution in [0.1, 0.15) is 39.5 Å². The van der Waals surface area contributed by atoms with Crippen molar-refractivity contribution < 1.29 is 9.47 Å². The number of rotatable bonds is 4. The van der Waals surface area contributed by atoms with E-state index in [0.29, 0.717) is 12.2 Å².